The van der Waals surface area contributed by atoms with Gasteiger partial charge >= 0.3 is 0 Å². The molecule has 2 saturated heterocycles. The van der Waals surface area contributed by atoms with Crippen LogP contribution in [0.1, 0.15) is 50.5 Å². The molecule has 142 valence electrons. The van der Waals surface area contributed by atoms with Gasteiger partial charge in [-0.25, -0.2) is 9.37 Å². The minimum atomic E-state index is -0.397. The van der Waals surface area contributed by atoms with Gasteiger partial charge in [-0.05, 0) is 63.5 Å². The number of piperidine rings is 1. The molecule has 0 radical (unpaired) electrons. The standard InChI is InChI=1S/C20H28FN3O2/c1-14-7-10-22-18(17(14)21)23-11-2-8-20(13-23)9-12-24(19(20)26)15-3-5-16(25)6-4-15/h7,10,15-16,25H,2-6,8-9,11-13H2,1H3/t15-,16-,20-/m0/s1. The van der Waals surface area contributed by atoms with Crippen LogP contribution < -0.4 is 4.90 Å². The van der Waals surface area contributed by atoms with E-state index in [0.29, 0.717) is 17.9 Å². The molecular weight excluding hydrogens is 333 g/mol. The molecule has 26 heavy (non-hydrogen) atoms. The Morgan fingerprint density at radius 2 is 2.00 bits per heavy atom. The Morgan fingerprint density at radius 3 is 2.77 bits per heavy atom. The van der Waals surface area contributed by atoms with Crippen LogP contribution in [0.5, 0.6) is 0 Å². The number of pyridine rings is 1. The third-order valence-corrected chi connectivity index (χ3v) is 6.59. The molecule has 4 rings (SSSR count). The van der Waals surface area contributed by atoms with Gasteiger partial charge in [0.15, 0.2) is 11.6 Å². The van der Waals surface area contributed by atoms with Crippen LogP contribution in [-0.4, -0.2) is 52.7 Å². The lowest BCUT2D eigenvalue weighted by Gasteiger charge is -2.41. The van der Waals surface area contributed by atoms with Crippen molar-refractivity contribution in [1.82, 2.24) is 9.88 Å². The van der Waals surface area contributed by atoms with Crippen LogP contribution in [-0.2, 0) is 4.79 Å². The zero-order chi connectivity index (χ0) is 18.3. The summed E-state index contributed by atoms with van der Waals surface area (Å²) in [7, 11) is 0. The first-order valence-electron chi connectivity index (χ1n) is 9.85. The lowest BCUT2D eigenvalue weighted by molar-refractivity contribution is -0.139. The lowest BCUT2D eigenvalue weighted by Crippen LogP contribution is -2.50. The van der Waals surface area contributed by atoms with E-state index in [2.05, 4.69) is 9.88 Å². The highest BCUT2D eigenvalue weighted by molar-refractivity contribution is 5.86. The van der Waals surface area contributed by atoms with Gasteiger partial charge in [0.05, 0.1) is 11.5 Å². The zero-order valence-corrected chi connectivity index (χ0v) is 15.5. The molecule has 1 aromatic rings. The summed E-state index contributed by atoms with van der Waals surface area (Å²) in [5, 5.41) is 9.73. The molecule has 1 atom stereocenters. The molecule has 3 aliphatic rings. The molecule has 2 aliphatic heterocycles. The first kappa shape index (κ1) is 17.7. The number of hydrogen-bond acceptors (Lipinski definition) is 4. The van der Waals surface area contributed by atoms with Crippen molar-refractivity contribution in [2.75, 3.05) is 24.5 Å². The fraction of sp³-hybridized carbons (Fsp3) is 0.700. The Kier molecular flexibility index (Phi) is 4.63. The largest absolute Gasteiger partial charge is 0.393 e. The lowest BCUT2D eigenvalue weighted by atomic mass is 9.78. The van der Waals surface area contributed by atoms with E-state index in [9.17, 15) is 14.3 Å². The number of aryl methyl sites for hydroxylation is 1. The molecule has 0 unspecified atom stereocenters. The third-order valence-electron chi connectivity index (χ3n) is 6.59. The average molecular weight is 361 g/mol. The van der Waals surface area contributed by atoms with Crippen LogP contribution in [0.15, 0.2) is 12.3 Å². The van der Waals surface area contributed by atoms with Crippen molar-refractivity contribution >= 4 is 11.7 Å². The maximum Gasteiger partial charge on any atom is 0.230 e. The van der Waals surface area contributed by atoms with Crippen LogP contribution in [0.2, 0.25) is 0 Å². The Balaban J connectivity index is 1.52. The van der Waals surface area contributed by atoms with Crippen molar-refractivity contribution in [2.45, 2.75) is 64.0 Å². The second-order valence-electron chi connectivity index (χ2n) is 8.28. The summed E-state index contributed by atoms with van der Waals surface area (Å²) in [6.07, 6.45) is 7.39. The Morgan fingerprint density at radius 1 is 1.23 bits per heavy atom. The Bertz CT molecular complexity index is 690. The Hall–Kier alpha value is -1.69. The fourth-order valence-electron chi connectivity index (χ4n) is 5.00. The van der Waals surface area contributed by atoms with E-state index < -0.39 is 5.41 Å². The van der Waals surface area contributed by atoms with Crippen molar-refractivity contribution in [1.29, 1.82) is 0 Å². The van der Waals surface area contributed by atoms with E-state index in [1.54, 1.807) is 19.2 Å². The van der Waals surface area contributed by atoms with Gasteiger partial charge in [-0.3, -0.25) is 4.79 Å². The summed E-state index contributed by atoms with van der Waals surface area (Å²) >= 11 is 0. The third kappa shape index (κ3) is 2.98. The minimum Gasteiger partial charge on any atom is -0.393 e. The molecule has 1 aliphatic carbocycles. The molecule has 0 aromatic carbocycles. The molecule has 1 N–H and O–H groups in total. The Labute approximate surface area is 154 Å². The molecule has 1 saturated carbocycles. The highest BCUT2D eigenvalue weighted by Gasteiger charge is 2.51. The molecule has 3 fully saturated rings. The smallest absolute Gasteiger partial charge is 0.230 e. The van der Waals surface area contributed by atoms with Gasteiger partial charge in [-0.1, -0.05) is 0 Å². The number of anilines is 1. The number of hydrogen-bond donors (Lipinski definition) is 1. The highest BCUT2D eigenvalue weighted by atomic mass is 19.1. The number of aliphatic hydroxyl groups is 1. The van der Waals surface area contributed by atoms with Crippen molar-refractivity contribution in [3.8, 4) is 0 Å². The van der Waals surface area contributed by atoms with E-state index in [0.717, 1.165) is 58.0 Å². The summed E-state index contributed by atoms with van der Waals surface area (Å²) < 4.78 is 14.5. The minimum absolute atomic E-state index is 0.210. The summed E-state index contributed by atoms with van der Waals surface area (Å²) in [4.78, 5) is 21.6. The number of nitrogens with zero attached hydrogens (tertiary/aromatic N) is 3. The summed E-state index contributed by atoms with van der Waals surface area (Å²) in [6.45, 7) is 3.85. The number of likely N-dealkylation sites (tertiary alicyclic amines) is 1. The van der Waals surface area contributed by atoms with Crippen LogP contribution in [0.3, 0.4) is 0 Å². The van der Waals surface area contributed by atoms with Crippen LogP contribution >= 0.6 is 0 Å². The topological polar surface area (TPSA) is 56.7 Å². The van der Waals surface area contributed by atoms with Crippen LogP contribution in [0.4, 0.5) is 10.2 Å². The number of amides is 1. The second-order valence-corrected chi connectivity index (χ2v) is 8.28. The first-order valence-corrected chi connectivity index (χ1v) is 9.85. The van der Waals surface area contributed by atoms with Crippen molar-refractivity contribution in [3.05, 3.63) is 23.6 Å². The van der Waals surface area contributed by atoms with Gasteiger partial charge in [-0.15, -0.1) is 0 Å². The molecule has 3 heterocycles. The number of halogens is 1. The predicted molar refractivity (Wildman–Crippen MR) is 97.4 cm³/mol. The SMILES string of the molecule is Cc1ccnc(N2CCC[C@]3(CCN([C@H]4CC[C@H](O)CC4)C3=O)C2)c1F. The average Bonchev–Trinajstić information content (AvgIpc) is 2.94. The van der Waals surface area contributed by atoms with Crippen molar-refractivity contribution < 1.29 is 14.3 Å². The zero-order valence-electron chi connectivity index (χ0n) is 15.5. The molecule has 1 spiro atoms. The normalized spacial score (nSPS) is 32.5. The highest BCUT2D eigenvalue weighted by Crippen LogP contribution is 2.43. The maximum atomic E-state index is 14.5. The van der Waals surface area contributed by atoms with E-state index >= 15 is 0 Å². The predicted octanol–water partition coefficient (Wildman–Crippen LogP) is 2.65. The van der Waals surface area contributed by atoms with Crippen molar-refractivity contribution in [2.24, 2.45) is 5.41 Å². The van der Waals surface area contributed by atoms with E-state index in [1.807, 2.05) is 4.90 Å². The number of carbonyl (C=O) groups is 1. The number of carbonyl (C=O) groups excluding carboxylic acids is 1. The molecule has 5 nitrogen and oxygen atoms in total. The van der Waals surface area contributed by atoms with Crippen molar-refractivity contribution in [3.63, 3.8) is 0 Å². The fourth-order valence-corrected chi connectivity index (χ4v) is 5.00. The first-order chi connectivity index (χ1) is 12.5. The van der Waals surface area contributed by atoms with Gasteiger partial charge in [0.1, 0.15) is 0 Å². The van der Waals surface area contributed by atoms with Gasteiger partial charge in [-0.2, -0.15) is 0 Å². The van der Waals surface area contributed by atoms with E-state index in [4.69, 9.17) is 0 Å². The summed E-state index contributed by atoms with van der Waals surface area (Å²) in [6, 6.07) is 1.94. The van der Waals surface area contributed by atoms with E-state index in [-0.39, 0.29) is 23.9 Å². The van der Waals surface area contributed by atoms with E-state index in [1.165, 1.54) is 0 Å². The number of aliphatic hydroxyl groups excluding tert-OH is 1. The molecule has 6 heteroatoms. The number of rotatable bonds is 2. The summed E-state index contributed by atoms with van der Waals surface area (Å²) in [5.41, 5.74) is 0.196. The molecular formula is C20H28FN3O2. The van der Waals surface area contributed by atoms with Crippen LogP contribution in [0.25, 0.3) is 0 Å². The summed E-state index contributed by atoms with van der Waals surface area (Å²) in [5.74, 6) is 0.348. The quantitative estimate of drug-likeness (QED) is 0.880. The molecule has 0 bridgehead atoms. The van der Waals surface area contributed by atoms with Gasteiger partial charge in [0, 0.05) is 31.9 Å². The second kappa shape index (κ2) is 6.80. The molecule has 1 amide bonds. The number of aromatic nitrogens is 1. The van der Waals surface area contributed by atoms with Gasteiger partial charge < -0.3 is 14.9 Å². The maximum absolute atomic E-state index is 14.5. The molecule has 1 aromatic heterocycles. The van der Waals surface area contributed by atoms with Gasteiger partial charge in [0.2, 0.25) is 5.91 Å². The van der Waals surface area contributed by atoms with Crippen LogP contribution in [0, 0.1) is 18.2 Å². The van der Waals surface area contributed by atoms with Gasteiger partial charge in [0.25, 0.3) is 0 Å². The monoisotopic (exact) mass is 361 g/mol.